The van der Waals surface area contributed by atoms with Crippen LogP contribution < -0.4 is 0 Å². The van der Waals surface area contributed by atoms with Crippen molar-refractivity contribution < 1.29 is 4.79 Å². The topological polar surface area (TPSA) is 58.6 Å². The number of aromatic nitrogens is 3. The first-order valence-electron chi connectivity index (χ1n) is 8.29. The highest BCUT2D eigenvalue weighted by Crippen LogP contribution is 2.36. The molecule has 4 nitrogen and oxygen atoms in total. The molecule has 4 heteroatoms. The molecule has 0 amide bonds. The van der Waals surface area contributed by atoms with Gasteiger partial charge in [-0.3, -0.25) is 4.98 Å². The lowest BCUT2D eigenvalue weighted by Gasteiger charge is -2.23. The predicted molar refractivity (Wildman–Crippen MR) is 97.0 cm³/mol. The predicted octanol–water partition coefficient (Wildman–Crippen LogP) is 4.44. The molecular weight excluding hydrogens is 298 g/mol. The molecule has 1 N–H and O–H groups in total. The van der Waals surface area contributed by atoms with Crippen molar-refractivity contribution in [3.63, 3.8) is 0 Å². The van der Waals surface area contributed by atoms with E-state index in [1.807, 2.05) is 6.07 Å². The number of ketones is 1. The Labute approximate surface area is 142 Å². The molecule has 0 aliphatic rings. The Bertz CT molecular complexity index is 887. The normalized spacial score (nSPS) is 11.8. The van der Waals surface area contributed by atoms with Gasteiger partial charge in [0.2, 0.25) is 0 Å². The van der Waals surface area contributed by atoms with Crippen LogP contribution in [0.3, 0.4) is 0 Å². The molecule has 1 aromatic carbocycles. The van der Waals surface area contributed by atoms with E-state index in [1.54, 1.807) is 19.3 Å². The number of nitrogens with zero attached hydrogens (tertiary/aromatic N) is 2. The fraction of sp³-hybridized carbons (Fsp3) is 0.350. The van der Waals surface area contributed by atoms with Gasteiger partial charge in [-0.25, -0.2) is 4.98 Å². The zero-order valence-corrected chi connectivity index (χ0v) is 14.7. The number of Topliss-reactive ketones (excluding diaryl/α,β-unsaturated/α-hetero) is 1. The lowest BCUT2D eigenvalue weighted by Crippen LogP contribution is -2.13. The molecule has 0 bridgehead atoms. The van der Waals surface area contributed by atoms with Crippen LogP contribution in [0, 0.1) is 0 Å². The van der Waals surface area contributed by atoms with Crippen molar-refractivity contribution in [2.24, 2.45) is 0 Å². The number of carbonyl (C=O) groups excluding carboxylic acids is 1. The van der Waals surface area contributed by atoms with Crippen LogP contribution in [0.15, 0.2) is 36.7 Å². The van der Waals surface area contributed by atoms with E-state index in [9.17, 15) is 4.79 Å². The minimum atomic E-state index is 0.0204. The molecule has 24 heavy (non-hydrogen) atoms. The molecule has 2 heterocycles. The van der Waals surface area contributed by atoms with E-state index < -0.39 is 0 Å². The summed E-state index contributed by atoms with van der Waals surface area (Å²) >= 11 is 0. The molecule has 0 saturated carbocycles. The Morgan fingerprint density at radius 1 is 1.12 bits per heavy atom. The van der Waals surface area contributed by atoms with E-state index in [-0.39, 0.29) is 11.2 Å². The van der Waals surface area contributed by atoms with Crippen LogP contribution in [0.25, 0.3) is 22.4 Å². The highest BCUT2D eigenvalue weighted by atomic mass is 16.1. The van der Waals surface area contributed by atoms with Gasteiger partial charge in [0, 0.05) is 29.9 Å². The van der Waals surface area contributed by atoms with Crippen molar-refractivity contribution in [1.82, 2.24) is 15.0 Å². The summed E-state index contributed by atoms with van der Waals surface area (Å²) in [7, 11) is 0. The summed E-state index contributed by atoms with van der Waals surface area (Å²) in [5, 5.41) is 0. The Kier molecular flexibility index (Phi) is 4.22. The third kappa shape index (κ3) is 3.09. The van der Waals surface area contributed by atoms with Gasteiger partial charge in [-0.1, -0.05) is 45.0 Å². The van der Waals surface area contributed by atoms with Crippen molar-refractivity contribution in [1.29, 1.82) is 0 Å². The van der Waals surface area contributed by atoms with Crippen LogP contribution in [-0.2, 0) is 16.6 Å². The molecule has 0 fully saturated rings. The third-order valence-corrected chi connectivity index (χ3v) is 4.26. The maximum atomic E-state index is 11.5. The van der Waals surface area contributed by atoms with Gasteiger partial charge in [0.25, 0.3) is 0 Å². The quantitative estimate of drug-likeness (QED) is 0.772. The standard InChI is InChI=1S/C20H23N3O/c1-13(24)9-10-15-17(23-19-18(15)21-11-12-22-19)14-7-5-6-8-16(14)20(2,3)4/h5-8,11-12H,9-10H2,1-4H3,(H,22,23). The summed E-state index contributed by atoms with van der Waals surface area (Å²) in [6.07, 6.45) is 4.57. The fourth-order valence-corrected chi connectivity index (χ4v) is 3.09. The van der Waals surface area contributed by atoms with Crippen molar-refractivity contribution >= 4 is 16.9 Å². The van der Waals surface area contributed by atoms with Crippen molar-refractivity contribution in [3.8, 4) is 11.3 Å². The molecule has 0 spiro atoms. The molecule has 3 rings (SSSR count). The zero-order chi connectivity index (χ0) is 17.3. The Morgan fingerprint density at radius 2 is 1.83 bits per heavy atom. The van der Waals surface area contributed by atoms with Gasteiger partial charge in [0.1, 0.15) is 11.3 Å². The maximum absolute atomic E-state index is 11.5. The van der Waals surface area contributed by atoms with E-state index in [0.29, 0.717) is 12.8 Å². The smallest absolute Gasteiger partial charge is 0.156 e. The van der Waals surface area contributed by atoms with Crippen LogP contribution in [0.5, 0.6) is 0 Å². The van der Waals surface area contributed by atoms with Crippen LogP contribution in [0.1, 0.15) is 45.2 Å². The third-order valence-electron chi connectivity index (χ3n) is 4.26. The number of carbonyl (C=O) groups is 1. The zero-order valence-electron chi connectivity index (χ0n) is 14.7. The summed E-state index contributed by atoms with van der Waals surface area (Å²) in [5.41, 5.74) is 6.18. The number of benzene rings is 1. The summed E-state index contributed by atoms with van der Waals surface area (Å²) in [4.78, 5) is 23.8. The maximum Gasteiger partial charge on any atom is 0.156 e. The highest BCUT2D eigenvalue weighted by Gasteiger charge is 2.22. The SMILES string of the molecule is CC(=O)CCc1c(-c2ccccc2C(C)(C)C)[nH]c2nccnc12. The molecule has 0 aliphatic heterocycles. The lowest BCUT2D eigenvalue weighted by molar-refractivity contribution is -0.116. The average molecular weight is 321 g/mol. The van der Waals surface area contributed by atoms with Gasteiger partial charge < -0.3 is 9.78 Å². The van der Waals surface area contributed by atoms with E-state index in [1.165, 1.54) is 5.56 Å². The number of nitrogens with one attached hydrogen (secondary N) is 1. The summed E-state index contributed by atoms with van der Waals surface area (Å²) in [6.45, 7) is 8.25. The number of H-pyrrole nitrogens is 1. The second-order valence-corrected chi connectivity index (χ2v) is 7.23. The van der Waals surface area contributed by atoms with E-state index in [0.717, 1.165) is 28.0 Å². The van der Waals surface area contributed by atoms with Gasteiger partial charge in [0.05, 0.1) is 5.69 Å². The summed E-state index contributed by atoms with van der Waals surface area (Å²) in [6, 6.07) is 8.41. The second-order valence-electron chi connectivity index (χ2n) is 7.23. The Hall–Kier alpha value is -2.49. The molecule has 124 valence electrons. The first-order chi connectivity index (χ1) is 11.4. The second kappa shape index (κ2) is 6.19. The van der Waals surface area contributed by atoms with Gasteiger partial charge in [0.15, 0.2) is 5.65 Å². The number of hydrogen-bond acceptors (Lipinski definition) is 3. The van der Waals surface area contributed by atoms with E-state index >= 15 is 0 Å². The molecule has 0 radical (unpaired) electrons. The number of rotatable bonds is 4. The molecule has 2 aromatic heterocycles. The minimum absolute atomic E-state index is 0.0204. The van der Waals surface area contributed by atoms with E-state index in [4.69, 9.17) is 0 Å². The molecular formula is C20H23N3O. The number of fused-ring (bicyclic) bond motifs is 1. The molecule has 0 aliphatic carbocycles. The molecule has 0 unspecified atom stereocenters. The van der Waals surface area contributed by atoms with Gasteiger partial charge >= 0.3 is 0 Å². The Morgan fingerprint density at radius 3 is 2.54 bits per heavy atom. The number of hydrogen-bond donors (Lipinski definition) is 1. The van der Waals surface area contributed by atoms with Gasteiger partial charge in [-0.2, -0.15) is 0 Å². The first-order valence-corrected chi connectivity index (χ1v) is 8.29. The van der Waals surface area contributed by atoms with Crippen LogP contribution in [-0.4, -0.2) is 20.7 Å². The van der Waals surface area contributed by atoms with Crippen molar-refractivity contribution in [2.75, 3.05) is 0 Å². The van der Waals surface area contributed by atoms with E-state index in [2.05, 4.69) is 53.9 Å². The number of aryl methyl sites for hydroxylation is 1. The van der Waals surface area contributed by atoms with Crippen molar-refractivity contribution in [2.45, 2.75) is 46.0 Å². The lowest BCUT2D eigenvalue weighted by atomic mass is 9.82. The summed E-state index contributed by atoms with van der Waals surface area (Å²) < 4.78 is 0. The minimum Gasteiger partial charge on any atom is -0.338 e. The average Bonchev–Trinajstić information content (AvgIpc) is 2.90. The number of aromatic amines is 1. The summed E-state index contributed by atoms with van der Waals surface area (Å²) in [5.74, 6) is 0.184. The molecule has 3 aromatic rings. The highest BCUT2D eigenvalue weighted by molar-refractivity contribution is 5.87. The van der Waals surface area contributed by atoms with Crippen LogP contribution in [0.2, 0.25) is 0 Å². The largest absolute Gasteiger partial charge is 0.338 e. The first kappa shape index (κ1) is 16.4. The van der Waals surface area contributed by atoms with Gasteiger partial charge in [-0.15, -0.1) is 0 Å². The Balaban J connectivity index is 2.23. The van der Waals surface area contributed by atoms with Crippen LogP contribution >= 0.6 is 0 Å². The van der Waals surface area contributed by atoms with Crippen molar-refractivity contribution in [3.05, 3.63) is 47.8 Å². The fourth-order valence-electron chi connectivity index (χ4n) is 3.09. The van der Waals surface area contributed by atoms with Gasteiger partial charge in [-0.05, 0) is 24.3 Å². The molecule has 0 saturated heterocycles. The van der Waals surface area contributed by atoms with Crippen LogP contribution in [0.4, 0.5) is 0 Å². The monoisotopic (exact) mass is 321 g/mol. The molecule has 0 atom stereocenters.